The summed E-state index contributed by atoms with van der Waals surface area (Å²) < 4.78 is 7.24. The standard InChI is InChI=1S/C21H21N5O3/c1-14(27)22-17-8-6-15(7-9-17)20-24-23-19-13-25(10-11-26(19)20)21(28)16-4-3-5-18(12-16)29-2/h3-9,12H,10-11,13H2,1-2H3,(H,22,27). The molecule has 2 aromatic carbocycles. The third-order valence-electron chi connectivity index (χ3n) is 4.82. The summed E-state index contributed by atoms with van der Waals surface area (Å²) in [6.07, 6.45) is 0. The quantitative estimate of drug-likeness (QED) is 0.738. The number of nitrogens with zero attached hydrogens (tertiary/aromatic N) is 4. The summed E-state index contributed by atoms with van der Waals surface area (Å²) in [5, 5.41) is 11.4. The van der Waals surface area contributed by atoms with Crippen LogP contribution in [0.4, 0.5) is 5.69 Å². The Bertz CT molecular complexity index is 1060. The fourth-order valence-corrected chi connectivity index (χ4v) is 3.39. The lowest BCUT2D eigenvalue weighted by Gasteiger charge is -2.28. The molecular weight excluding hydrogens is 370 g/mol. The average Bonchev–Trinajstić information content (AvgIpc) is 3.16. The van der Waals surface area contributed by atoms with Crippen LogP contribution in [0, 0.1) is 0 Å². The molecule has 1 N–H and O–H groups in total. The van der Waals surface area contributed by atoms with Crippen molar-refractivity contribution in [3.63, 3.8) is 0 Å². The van der Waals surface area contributed by atoms with E-state index in [0.717, 1.165) is 22.9 Å². The predicted octanol–water partition coefficient (Wildman–Crippen LogP) is 2.57. The number of carbonyl (C=O) groups excluding carboxylic acids is 2. The Morgan fingerprint density at radius 1 is 1.07 bits per heavy atom. The van der Waals surface area contributed by atoms with Crippen LogP contribution < -0.4 is 10.1 Å². The normalized spacial score (nSPS) is 13.0. The van der Waals surface area contributed by atoms with Gasteiger partial charge in [-0.2, -0.15) is 0 Å². The van der Waals surface area contributed by atoms with Crippen LogP contribution in [0.1, 0.15) is 23.1 Å². The first kappa shape index (κ1) is 18.7. The third-order valence-corrected chi connectivity index (χ3v) is 4.82. The summed E-state index contributed by atoms with van der Waals surface area (Å²) in [4.78, 5) is 25.8. The Hall–Kier alpha value is -3.68. The number of hydrogen-bond acceptors (Lipinski definition) is 5. The molecule has 0 fully saturated rings. The Kier molecular flexibility index (Phi) is 4.99. The second kappa shape index (κ2) is 7.75. The molecule has 0 spiro atoms. The van der Waals surface area contributed by atoms with E-state index in [1.807, 2.05) is 34.9 Å². The van der Waals surface area contributed by atoms with Crippen LogP contribution in [0.15, 0.2) is 48.5 Å². The number of carbonyl (C=O) groups is 2. The van der Waals surface area contributed by atoms with Gasteiger partial charge in [0.25, 0.3) is 5.91 Å². The van der Waals surface area contributed by atoms with Crippen molar-refractivity contribution >= 4 is 17.5 Å². The predicted molar refractivity (Wildman–Crippen MR) is 107 cm³/mol. The molecule has 1 aromatic heterocycles. The molecule has 0 unspecified atom stereocenters. The minimum atomic E-state index is -0.113. The second-order valence-electron chi connectivity index (χ2n) is 6.81. The van der Waals surface area contributed by atoms with Crippen molar-refractivity contribution in [2.75, 3.05) is 19.0 Å². The Morgan fingerprint density at radius 3 is 2.59 bits per heavy atom. The fraction of sp³-hybridized carbons (Fsp3) is 0.238. The molecule has 1 aliphatic heterocycles. The van der Waals surface area contributed by atoms with Crippen molar-refractivity contribution in [2.24, 2.45) is 0 Å². The van der Waals surface area contributed by atoms with Crippen molar-refractivity contribution < 1.29 is 14.3 Å². The number of nitrogens with one attached hydrogen (secondary N) is 1. The average molecular weight is 391 g/mol. The van der Waals surface area contributed by atoms with Crippen molar-refractivity contribution in [2.45, 2.75) is 20.0 Å². The molecule has 2 heterocycles. The van der Waals surface area contributed by atoms with Gasteiger partial charge < -0.3 is 19.5 Å². The minimum Gasteiger partial charge on any atom is -0.497 e. The fourth-order valence-electron chi connectivity index (χ4n) is 3.39. The number of hydrogen-bond donors (Lipinski definition) is 1. The first-order chi connectivity index (χ1) is 14.0. The summed E-state index contributed by atoms with van der Waals surface area (Å²) in [7, 11) is 1.58. The van der Waals surface area contributed by atoms with Crippen LogP contribution in [0.5, 0.6) is 5.75 Å². The van der Waals surface area contributed by atoms with Gasteiger partial charge in [-0.1, -0.05) is 6.07 Å². The van der Waals surface area contributed by atoms with Crippen LogP contribution in [-0.2, 0) is 17.9 Å². The van der Waals surface area contributed by atoms with Gasteiger partial charge in [0.15, 0.2) is 11.6 Å². The summed E-state index contributed by atoms with van der Waals surface area (Å²) in [5.74, 6) is 1.98. The smallest absolute Gasteiger partial charge is 0.254 e. The van der Waals surface area contributed by atoms with Gasteiger partial charge in [-0.3, -0.25) is 9.59 Å². The maximum absolute atomic E-state index is 12.9. The first-order valence-corrected chi connectivity index (χ1v) is 9.28. The van der Waals surface area contributed by atoms with Crippen LogP contribution in [-0.4, -0.2) is 45.1 Å². The topological polar surface area (TPSA) is 89.3 Å². The number of fused-ring (bicyclic) bond motifs is 1. The summed E-state index contributed by atoms with van der Waals surface area (Å²) in [5.41, 5.74) is 2.23. The lowest BCUT2D eigenvalue weighted by Crippen LogP contribution is -2.38. The van der Waals surface area contributed by atoms with Gasteiger partial charge in [-0.25, -0.2) is 0 Å². The molecule has 3 aromatic rings. The van der Waals surface area contributed by atoms with Crippen LogP contribution in [0.3, 0.4) is 0 Å². The molecule has 148 valence electrons. The van der Waals surface area contributed by atoms with E-state index in [1.165, 1.54) is 6.92 Å². The van der Waals surface area contributed by atoms with Gasteiger partial charge in [0, 0.05) is 36.8 Å². The molecule has 0 atom stereocenters. The molecule has 4 rings (SSSR count). The van der Waals surface area contributed by atoms with E-state index in [1.54, 1.807) is 30.2 Å². The summed E-state index contributed by atoms with van der Waals surface area (Å²) in [6, 6.07) is 14.6. The second-order valence-corrected chi connectivity index (χ2v) is 6.81. The Balaban J connectivity index is 1.52. The highest BCUT2D eigenvalue weighted by atomic mass is 16.5. The van der Waals surface area contributed by atoms with Crippen molar-refractivity contribution in [3.8, 4) is 17.1 Å². The number of benzene rings is 2. The molecule has 0 saturated carbocycles. The van der Waals surface area contributed by atoms with E-state index in [2.05, 4.69) is 15.5 Å². The van der Waals surface area contributed by atoms with Crippen molar-refractivity contribution in [1.82, 2.24) is 19.7 Å². The number of aromatic nitrogens is 3. The molecule has 0 radical (unpaired) electrons. The first-order valence-electron chi connectivity index (χ1n) is 9.28. The van der Waals surface area contributed by atoms with Gasteiger partial charge in [0.05, 0.1) is 13.7 Å². The summed E-state index contributed by atoms with van der Waals surface area (Å²) in [6.45, 7) is 3.05. The van der Waals surface area contributed by atoms with Crippen LogP contribution >= 0.6 is 0 Å². The molecule has 1 aliphatic rings. The largest absolute Gasteiger partial charge is 0.497 e. The van der Waals surface area contributed by atoms with Gasteiger partial charge in [-0.15, -0.1) is 10.2 Å². The van der Waals surface area contributed by atoms with Crippen LogP contribution in [0.2, 0.25) is 0 Å². The maximum Gasteiger partial charge on any atom is 0.254 e. The summed E-state index contributed by atoms with van der Waals surface area (Å²) >= 11 is 0. The molecule has 0 saturated heterocycles. The number of rotatable bonds is 4. The number of methoxy groups -OCH3 is 1. The van der Waals surface area contributed by atoms with E-state index in [0.29, 0.717) is 30.9 Å². The molecule has 8 nitrogen and oxygen atoms in total. The van der Waals surface area contributed by atoms with Crippen molar-refractivity contribution in [3.05, 3.63) is 59.9 Å². The van der Waals surface area contributed by atoms with E-state index < -0.39 is 0 Å². The number of amides is 2. The molecule has 8 heteroatoms. The van der Waals surface area contributed by atoms with Gasteiger partial charge in [-0.05, 0) is 42.5 Å². The number of anilines is 1. The monoisotopic (exact) mass is 391 g/mol. The van der Waals surface area contributed by atoms with E-state index in [-0.39, 0.29) is 11.8 Å². The van der Waals surface area contributed by atoms with E-state index in [4.69, 9.17) is 4.74 Å². The van der Waals surface area contributed by atoms with Crippen LogP contribution in [0.25, 0.3) is 11.4 Å². The minimum absolute atomic E-state index is 0.0561. The third kappa shape index (κ3) is 3.82. The molecule has 29 heavy (non-hydrogen) atoms. The van der Waals surface area contributed by atoms with Gasteiger partial charge in [0.2, 0.25) is 5.91 Å². The zero-order valence-corrected chi connectivity index (χ0v) is 16.3. The Labute approximate surface area is 168 Å². The molecule has 2 amide bonds. The molecule has 0 aliphatic carbocycles. The highest BCUT2D eigenvalue weighted by Gasteiger charge is 2.25. The SMILES string of the molecule is COc1cccc(C(=O)N2CCn3c(nnc3-c3ccc(NC(C)=O)cc3)C2)c1. The van der Waals surface area contributed by atoms with Gasteiger partial charge >= 0.3 is 0 Å². The lowest BCUT2D eigenvalue weighted by molar-refractivity contribution is -0.114. The van der Waals surface area contributed by atoms with E-state index in [9.17, 15) is 9.59 Å². The zero-order valence-electron chi connectivity index (χ0n) is 16.3. The molecular formula is C21H21N5O3. The number of ether oxygens (including phenoxy) is 1. The lowest BCUT2D eigenvalue weighted by atomic mass is 10.1. The zero-order chi connectivity index (χ0) is 20.4. The van der Waals surface area contributed by atoms with Gasteiger partial charge in [0.1, 0.15) is 5.75 Å². The van der Waals surface area contributed by atoms with E-state index >= 15 is 0 Å². The highest BCUT2D eigenvalue weighted by molar-refractivity contribution is 5.94. The maximum atomic E-state index is 12.9. The molecule has 0 bridgehead atoms. The van der Waals surface area contributed by atoms with Crippen molar-refractivity contribution in [1.29, 1.82) is 0 Å². The Morgan fingerprint density at radius 2 is 1.86 bits per heavy atom. The highest BCUT2D eigenvalue weighted by Crippen LogP contribution is 2.24.